The van der Waals surface area contributed by atoms with Crippen molar-refractivity contribution < 1.29 is 24.1 Å². The highest BCUT2D eigenvalue weighted by atomic mass is 32.1. The first-order chi connectivity index (χ1) is 15.7. The molecular weight excluding hydrogens is 436 g/mol. The Labute approximate surface area is 198 Å². The molecule has 0 amide bonds. The molecule has 1 aromatic heterocycles. The van der Waals surface area contributed by atoms with Crippen molar-refractivity contribution in [3.63, 3.8) is 0 Å². The molecule has 0 radical (unpaired) electrons. The first kappa shape index (κ1) is 23.3. The second-order valence-electron chi connectivity index (χ2n) is 9.23. The van der Waals surface area contributed by atoms with E-state index in [1.807, 2.05) is 64.1 Å². The summed E-state index contributed by atoms with van der Waals surface area (Å²) in [5, 5.41) is 10.2. The van der Waals surface area contributed by atoms with Gasteiger partial charge in [0.25, 0.3) is 0 Å². The average Bonchev–Trinajstić information content (AvgIpc) is 3.13. The minimum atomic E-state index is -1.07. The lowest BCUT2D eigenvalue weighted by Gasteiger charge is -2.26. The Balaban J connectivity index is 1.94. The molecule has 1 N–H and O–H groups in total. The first-order valence-corrected chi connectivity index (χ1v) is 11.9. The third-order valence-electron chi connectivity index (χ3n) is 5.64. The minimum Gasteiger partial charge on any atom is -0.497 e. The molecule has 2 heterocycles. The smallest absolute Gasteiger partial charge is 0.337 e. The molecule has 1 aliphatic heterocycles. The molecule has 6 heteroatoms. The van der Waals surface area contributed by atoms with Gasteiger partial charge in [0.1, 0.15) is 11.5 Å². The fourth-order valence-electron chi connectivity index (χ4n) is 4.21. The predicted octanol–water partition coefficient (Wildman–Crippen LogP) is 6.66. The molecular formula is C27H30O5S. The Morgan fingerprint density at radius 1 is 1.12 bits per heavy atom. The summed E-state index contributed by atoms with van der Waals surface area (Å²) in [6, 6.07) is 14.0. The molecule has 2 aromatic carbocycles. The van der Waals surface area contributed by atoms with Crippen LogP contribution in [0.4, 0.5) is 0 Å². The van der Waals surface area contributed by atoms with E-state index in [1.54, 1.807) is 18.4 Å². The van der Waals surface area contributed by atoms with E-state index in [0.717, 1.165) is 63.0 Å². The number of thiophene rings is 1. The monoisotopic (exact) mass is 466 g/mol. The molecule has 3 aromatic rings. The molecule has 33 heavy (non-hydrogen) atoms. The fraction of sp³-hybridized carbons (Fsp3) is 0.370. The summed E-state index contributed by atoms with van der Waals surface area (Å²) in [6.45, 7) is 8.34. The second-order valence-corrected chi connectivity index (χ2v) is 10.5. The number of ether oxygens (including phenoxy) is 3. The molecule has 1 atom stereocenters. The van der Waals surface area contributed by atoms with Crippen molar-refractivity contribution in [2.75, 3.05) is 13.7 Å². The number of benzene rings is 2. The van der Waals surface area contributed by atoms with Gasteiger partial charge in [-0.05, 0) is 93.6 Å². The van der Waals surface area contributed by atoms with Crippen molar-refractivity contribution in [3.8, 4) is 33.1 Å². The Morgan fingerprint density at radius 3 is 2.45 bits per heavy atom. The highest BCUT2D eigenvalue weighted by Crippen LogP contribution is 2.48. The van der Waals surface area contributed by atoms with Crippen LogP contribution in [0.25, 0.3) is 21.6 Å². The molecule has 1 aliphatic rings. The number of carboxylic acids is 1. The van der Waals surface area contributed by atoms with Gasteiger partial charge in [0.05, 0.1) is 19.3 Å². The largest absolute Gasteiger partial charge is 0.497 e. The van der Waals surface area contributed by atoms with Crippen LogP contribution in [0.15, 0.2) is 42.5 Å². The van der Waals surface area contributed by atoms with Crippen LogP contribution in [0, 0.1) is 6.92 Å². The van der Waals surface area contributed by atoms with Crippen molar-refractivity contribution >= 4 is 17.3 Å². The lowest BCUT2D eigenvalue weighted by Crippen LogP contribution is -2.27. The number of aliphatic carboxylic acids is 1. The highest BCUT2D eigenvalue weighted by molar-refractivity contribution is 7.16. The van der Waals surface area contributed by atoms with Gasteiger partial charge in [0, 0.05) is 20.9 Å². The molecule has 4 rings (SSSR count). The number of methoxy groups -OCH3 is 1. The lowest BCUT2D eigenvalue weighted by atomic mass is 9.91. The maximum absolute atomic E-state index is 12.4. The van der Waals surface area contributed by atoms with Gasteiger partial charge in [-0.3, -0.25) is 0 Å². The molecule has 5 nitrogen and oxygen atoms in total. The van der Waals surface area contributed by atoms with E-state index >= 15 is 0 Å². The van der Waals surface area contributed by atoms with Crippen LogP contribution in [0.3, 0.4) is 0 Å². The summed E-state index contributed by atoms with van der Waals surface area (Å²) < 4.78 is 17.2. The molecule has 0 saturated heterocycles. The summed E-state index contributed by atoms with van der Waals surface area (Å²) in [5.41, 5.74) is 4.15. The van der Waals surface area contributed by atoms with Crippen LogP contribution in [0.1, 0.15) is 49.3 Å². The third kappa shape index (κ3) is 4.92. The van der Waals surface area contributed by atoms with Gasteiger partial charge in [-0.15, -0.1) is 11.3 Å². The van der Waals surface area contributed by atoms with Crippen molar-refractivity contribution in [2.24, 2.45) is 0 Å². The lowest BCUT2D eigenvalue weighted by molar-refractivity contribution is -0.160. The van der Waals surface area contributed by atoms with Crippen molar-refractivity contribution in [1.82, 2.24) is 0 Å². The van der Waals surface area contributed by atoms with Gasteiger partial charge in [0.2, 0.25) is 0 Å². The highest BCUT2D eigenvalue weighted by Gasteiger charge is 2.33. The van der Waals surface area contributed by atoms with E-state index < -0.39 is 17.7 Å². The zero-order chi connectivity index (χ0) is 23.8. The summed E-state index contributed by atoms with van der Waals surface area (Å²) in [5.74, 6) is 0.694. The number of aryl methyl sites for hydroxylation is 2. The standard InChI is InChI=1S/C27H30O5S/c1-16-22(24(26(28)29)32-27(2,3)4)23(19-10-13-21-18(15-19)7-6-14-31-21)25(33-16)17-8-11-20(30-5)12-9-17/h8-13,15,24H,6-7,14H2,1-5H3,(H,28,29). The van der Waals surface area contributed by atoms with E-state index in [0.29, 0.717) is 5.56 Å². The van der Waals surface area contributed by atoms with Crippen LogP contribution in [-0.4, -0.2) is 30.4 Å². The summed E-state index contributed by atoms with van der Waals surface area (Å²) in [6.07, 6.45) is 0.846. The zero-order valence-corrected chi connectivity index (χ0v) is 20.5. The first-order valence-electron chi connectivity index (χ1n) is 11.1. The second kappa shape index (κ2) is 9.20. The minimum absolute atomic E-state index is 0.612. The molecule has 0 fully saturated rings. The van der Waals surface area contributed by atoms with Crippen LogP contribution in [0.5, 0.6) is 11.5 Å². The Bertz CT molecular complexity index is 1150. The molecule has 0 aliphatic carbocycles. The van der Waals surface area contributed by atoms with Gasteiger partial charge < -0.3 is 19.3 Å². The molecule has 174 valence electrons. The molecule has 0 saturated carbocycles. The normalized spacial score (nSPS) is 14.3. The van der Waals surface area contributed by atoms with Crippen LogP contribution < -0.4 is 9.47 Å². The Hall–Kier alpha value is -2.83. The van der Waals surface area contributed by atoms with E-state index in [4.69, 9.17) is 14.2 Å². The maximum atomic E-state index is 12.4. The van der Waals surface area contributed by atoms with Crippen molar-refractivity contribution in [3.05, 3.63) is 58.5 Å². The number of hydrogen-bond donors (Lipinski definition) is 1. The number of carbonyl (C=O) groups is 1. The predicted molar refractivity (Wildman–Crippen MR) is 132 cm³/mol. The Morgan fingerprint density at radius 2 is 1.82 bits per heavy atom. The fourth-order valence-corrected chi connectivity index (χ4v) is 5.42. The zero-order valence-electron chi connectivity index (χ0n) is 19.7. The van der Waals surface area contributed by atoms with Crippen LogP contribution in [0.2, 0.25) is 0 Å². The summed E-state index contributed by atoms with van der Waals surface area (Å²) in [7, 11) is 1.64. The molecule has 0 spiro atoms. The number of fused-ring (bicyclic) bond motifs is 1. The molecule has 0 bridgehead atoms. The Kier molecular flexibility index (Phi) is 6.50. The summed E-state index contributed by atoms with van der Waals surface area (Å²) in [4.78, 5) is 14.4. The third-order valence-corrected chi connectivity index (χ3v) is 6.81. The SMILES string of the molecule is COc1ccc(-c2sc(C)c(C(OC(C)(C)C)C(=O)O)c2-c2ccc3c(c2)CCCO3)cc1. The number of carboxylic acid groups (broad SMARTS) is 1. The van der Waals surface area contributed by atoms with E-state index in [1.165, 1.54) is 0 Å². The number of rotatable bonds is 6. The van der Waals surface area contributed by atoms with Crippen molar-refractivity contribution in [1.29, 1.82) is 0 Å². The van der Waals surface area contributed by atoms with Gasteiger partial charge in [-0.2, -0.15) is 0 Å². The van der Waals surface area contributed by atoms with E-state index in [9.17, 15) is 9.90 Å². The topological polar surface area (TPSA) is 65.0 Å². The number of hydrogen-bond acceptors (Lipinski definition) is 5. The van der Waals surface area contributed by atoms with Gasteiger partial charge in [-0.1, -0.05) is 6.07 Å². The van der Waals surface area contributed by atoms with Gasteiger partial charge in [0.15, 0.2) is 6.10 Å². The van der Waals surface area contributed by atoms with E-state index in [2.05, 4.69) is 6.07 Å². The van der Waals surface area contributed by atoms with Crippen molar-refractivity contribution in [2.45, 2.75) is 52.2 Å². The average molecular weight is 467 g/mol. The summed E-state index contributed by atoms with van der Waals surface area (Å²) >= 11 is 1.60. The van der Waals surface area contributed by atoms with Crippen LogP contribution in [-0.2, 0) is 16.0 Å². The van der Waals surface area contributed by atoms with Gasteiger partial charge in [-0.25, -0.2) is 4.79 Å². The quantitative estimate of drug-likeness (QED) is 0.440. The maximum Gasteiger partial charge on any atom is 0.337 e. The van der Waals surface area contributed by atoms with E-state index in [-0.39, 0.29) is 0 Å². The van der Waals surface area contributed by atoms with Crippen LogP contribution >= 0.6 is 11.3 Å². The molecule has 1 unspecified atom stereocenters. The van der Waals surface area contributed by atoms with Gasteiger partial charge >= 0.3 is 5.97 Å².